The monoisotopic (exact) mass is 248 g/mol. The number of hydrogen-bond donors (Lipinski definition) is 3. The fraction of sp³-hybridized carbons (Fsp3) is 0.727. The van der Waals surface area contributed by atoms with Gasteiger partial charge in [-0.15, -0.1) is 0 Å². The molecule has 0 heterocycles. The summed E-state index contributed by atoms with van der Waals surface area (Å²) in [6.45, 7) is 8.67. The first-order valence-corrected chi connectivity index (χ1v) is 5.01. The Labute approximate surface area is 100 Å². The van der Waals surface area contributed by atoms with Crippen LogP contribution in [0.3, 0.4) is 0 Å². The minimum absolute atomic E-state index is 0.463. The second-order valence-electron chi connectivity index (χ2n) is 4.85. The Hall–Kier alpha value is -1.11. The van der Waals surface area contributed by atoms with Gasteiger partial charge < -0.3 is 15.3 Å². The lowest BCUT2D eigenvalue weighted by atomic mass is 9.65. The van der Waals surface area contributed by atoms with Crippen LogP contribution in [0.4, 0.5) is 0 Å². The van der Waals surface area contributed by atoms with E-state index in [1.807, 2.05) is 0 Å². The van der Waals surface area contributed by atoms with Gasteiger partial charge in [0.05, 0.1) is 18.3 Å². The average molecular weight is 248 g/mol. The van der Waals surface area contributed by atoms with Gasteiger partial charge in [-0.1, -0.05) is 6.58 Å². The number of aliphatic hydroxyl groups excluding tert-OH is 1. The second kappa shape index (κ2) is 4.64. The molecule has 0 aromatic carbocycles. The summed E-state index contributed by atoms with van der Waals surface area (Å²) in [6, 6.07) is 0. The summed E-state index contributed by atoms with van der Waals surface area (Å²) in [4.78, 5) is 20.6. The molecule has 100 valence electrons. The Morgan fingerprint density at radius 2 is 1.59 bits per heavy atom. The van der Waals surface area contributed by atoms with E-state index >= 15 is 0 Å². The van der Waals surface area contributed by atoms with Gasteiger partial charge in [-0.25, -0.2) is 14.6 Å². The molecule has 0 radical (unpaired) electrons. The van der Waals surface area contributed by atoms with Gasteiger partial charge in [0.2, 0.25) is 5.60 Å². The molecule has 6 nitrogen and oxygen atoms in total. The number of carboxylic acids is 1. The third-order valence-electron chi connectivity index (χ3n) is 3.10. The largest absolute Gasteiger partial charge is 0.512 e. The van der Waals surface area contributed by atoms with E-state index in [9.17, 15) is 20.1 Å². The van der Waals surface area contributed by atoms with Crippen molar-refractivity contribution in [1.29, 1.82) is 0 Å². The predicted molar refractivity (Wildman–Crippen MR) is 60.3 cm³/mol. The average Bonchev–Trinajstić information content (AvgIpc) is 2.15. The van der Waals surface area contributed by atoms with E-state index in [1.165, 1.54) is 34.8 Å². The van der Waals surface area contributed by atoms with Crippen LogP contribution < -0.4 is 0 Å². The van der Waals surface area contributed by atoms with Crippen molar-refractivity contribution in [3.05, 3.63) is 12.3 Å². The molecule has 0 fully saturated rings. The molecule has 1 unspecified atom stereocenters. The van der Waals surface area contributed by atoms with Crippen molar-refractivity contribution in [2.24, 2.45) is 5.41 Å². The lowest BCUT2D eigenvalue weighted by molar-refractivity contribution is -0.377. The second-order valence-corrected chi connectivity index (χ2v) is 4.85. The molecule has 0 spiro atoms. The standard InChI is InChI=1S/C11H20O6/c1-7(12)9(2,3)11(15,8(13)14)10(4,5)17-16-6/h12,15H,1H2,2-6H3,(H,13,14). The highest BCUT2D eigenvalue weighted by molar-refractivity contribution is 5.80. The molecule has 0 aromatic heterocycles. The fourth-order valence-electron chi connectivity index (χ4n) is 1.75. The molecule has 17 heavy (non-hydrogen) atoms. The van der Waals surface area contributed by atoms with Gasteiger partial charge in [0.15, 0.2) is 0 Å². The van der Waals surface area contributed by atoms with Crippen molar-refractivity contribution in [3.8, 4) is 0 Å². The molecule has 0 saturated carbocycles. The summed E-state index contributed by atoms with van der Waals surface area (Å²) < 4.78 is 0. The van der Waals surface area contributed by atoms with Crippen LogP contribution in [0.25, 0.3) is 0 Å². The summed E-state index contributed by atoms with van der Waals surface area (Å²) in [7, 11) is 1.20. The third-order valence-corrected chi connectivity index (χ3v) is 3.10. The maximum absolute atomic E-state index is 11.4. The molecule has 0 saturated heterocycles. The highest BCUT2D eigenvalue weighted by Gasteiger charge is 2.63. The zero-order valence-electron chi connectivity index (χ0n) is 10.8. The first-order chi connectivity index (χ1) is 7.45. The topological polar surface area (TPSA) is 96.2 Å². The lowest BCUT2D eigenvalue weighted by Gasteiger charge is -2.46. The van der Waals surface area contributed by atoms with E-state index in [-0.39, 0.29) is 0 Å². The first-order valence-electron chi connectivity index (χ1n) is 5.01. The summed E-state index contributed by atoms with van der Waals surface area (Å²) in [5.74, 6) is -2.00. The van der Waals surface area contributed by atoms with Crippen molar-refractivity contribution < 1.29 is 29.9 Å². The van der Waals surface area contributed by atoms with Gasteiger partial charge >= 0.3 is 5.97 Å². The first kappa shape index (κ1) is 15.9. The minimum Gasteiger partial charge on any atom is -0.512 e. The number of hydrogen-bond acceptors (Lipinski definition) is 5. The fourth-order valence-corrected chi connectivity index (χ4v) is 1.75. The Bertz CT molecular complexity index is 320. The summed E-state index contributed by atoms with van der Waals surface area (Å²) in [6.07, 6.45) is 0. The molecular formula is C11H20O6. The highest BCUT2D eigenvalue weighted by atomic mass is 17.2. The van der Waals surface area contributed by atoms with Crippen LogP contribution in [0, 0.1) is 5.41 Å². The van der Waals surface area contributed by atoms with E-state index in [2.05, 4.69) is 11.5 Å². The quantitative estimate of drug-likeness (QED) is 0.372. The summed E-state index contributed by atoms with van der Waals surface area (Å²) >= 11 is 0. The van der Waals surface area contributed by atoms with E-state index in [4.69, 9.17) is 4.89 Å². The van der Waals surface area contributed by atoms with E-state index < -0.39 is 28.3 Å². The zero-order chi connectivity index (χ0) is 14.1. The smallest absolute Gasteiger partial charge is 0.339 e. The third kappa shape index (κ3) is 2.29. The number of aliphatic carboxylic acids is 1. The number of aliphatic hydroxyl groups is 2. The van der Waals surface area contributed by atoms with E-state index in [0.717, 1.165) is 0 Å². The SMILES string of the molecule is C=C(O)C(C)(C)C(O)(C(=O)O)C(C)(C)OOC. The van der Waals surface area contributed by atoms with Crippen molar-refractivity contribution >= 4 is 5.97 Å². The van der Waals surface area contributed by atoms with Crippen LogP contribution in [0.15, 0.2) is 12.3 Å². The molecule has 0 aliphatic carbocycles. The van der Waals surface area contributed by atoms with Crippen LogP contribution in [0.2, 0.25) is 0 Å². The van der Waals surface area contributed by atoms with Gasteiger partial charge in [-0.3, -0.25) is 0 Å². The Morgan fingerprint density at radius 3 is 1.82 bits per heavy atom. The van der Waals surface area contributed by atoms with Crippen molar-refractivity contribution in [2.45, 2.75) is 38.9 Å². The number of carboxylic acid groups (broad SMARTS) is 1. The molecule has 0 bridgehead atoms. The van der Waals surface area contributed by atoms with Gasteiger partial charge in [0.1, 0.15) is 5.60 Å². The molecule has 1 atom stereocenters. The van der Waals surface area contributed by atoms with Crippen molar-refractivity contribution in [1.82, 2.24) is 0 Å². The maximum atomic E-state index is 11.4. The van der Waals surface area contributed by atoms with Crippen molar-refractivity contribution in [3.63, 3.8) is 0 Å². The van der Waals surface area contributed by atoms with Gasteiger partial charge in [0.25, 0.3) is 0 Å². The zero-order valence-corrected chi connectivity index (χ0v) is 10.8. The van der Waals surface area contributed by atoms with Crippen LogP contribution in [0.5, 0.6) is 0 Å². The Morgan fingerprint density at radius 1 is 1.18 bits per heavy atom. The van der Waals surface area contributed by atoms with Crippen LogP contribution in [0.1, 0.15) is 27.7 Å². The van der Waals surface area contributed by atoms with Crippen LogP contribution in [-0.4, -0.2) is 39.6 Å². The number of rotatable bonds is 6. The van der Waals surface area contributed by atoms with Crippen LogP contribution >= 0.6 is 0 Å². The predicted octanol–water partition coefficient (Wildman–Crippen LogP) is 1.26. The molecule has 0 aromatic rings. The van der Waals surface area contributed by atoms with E-state index in [1.54, 1.807) is 0 Å². The van der Waals surface area contributed by atoms with Crippen molar-refractivity contribution in [2.75, 3.05) is 7.11 Å². The summed E-state index contributed by atoms with van der Waals surface area (Å²) in [5.41, 5.74) is -5.54. The highest BCUT2D eigenvalue weighted by Crippen LogP contribution is 2.44. The molecule has 0 rings (SSSR count). The summed E-state index contributed by atoms with van der Waals surface area (Å²) in [5, 5.41) is 29.1. The van der Waals surface area contributed by atoms with Gasteiger partial charge in [-0.05, 0) is 27.7 Å². The molecule has 0 aliphatic heterocycles. The van der Waals surface area contributed by atoms with Gasteiger partial charge in [-0.2, -0.15) is 0 Å². The maximum Gasteiger partial charge on any atom is 0.339 e. The Kier molecular flexibility index (Phi) is 4.33. The molecular weight excluding hydrogens is 228 g/mol. The van der Waals surface area contributed by atoms with Gasteiger partial charge in [0, 0.05) is 0 Å². The lowest BCUT2D eigenvalue weighted by Crippen LogP contribution is -2.66. The number of carbonyl (C=O) groups is 1. The van der Waals surface area contributed by atoms with Crippen LogP contribution in [-0.2, 0) is 14.6 Å². The van der Waals surface area contributed by atoms with E-state index in [0.29, 0.717) is 0 Å². The Balaban J connectivity index is 5.79. The molecule has 0 amide bonds. The molecule has 3 N–H and O–H groups in total. The molecule has 6 heteroatoms. The normalized spacial score (nSPS) is 16.4. The minimum atomic E-state index is -2.41. The molecule has 0 aliphatic rings.